The molecule has 1 aromatic carbocycles. The van der Waals surface area contributed by atoms with Gasteiger partial charge in [-0.15, -0.1) is 0 Å². The maximum atomic E-state index is 13.0. The van der Waals surface area contributed by atoms with Crippen LogP contribution in [-0.4, -0.2) is 32.9 Å². The Balaban J connectivity index is 2.13. The zero-order valence-corrected chi connectivity index (χ0v) is 12.6. The van der Waals surface area contributed by atoms with E-state index in [1.807, 2.05) is 19.1 Å². The van der Waals surface area contributed by atoms with Crippen LogP contribution in [0.1, 0.15) is 37.9 Å². The van der Waals surface area contributed by atoms with Crippen LogP contribution in [-0.2, 0) is 14.6 Å². The monoisotopic (exact) mass is 295 g/mol. The third-order valence-corrected chi connectivity index (χ3v) is 7.23. The van der Waals surface area contributed by atoms with Crippen molar-refractivity contribution in [3.8, 4) is 0 Å². The van der Waals surface area contributed by atoms with Gasteiger partial charge in [0, 0.05) is 6.61 Å². The average molecular weight is 295 g/mol. The van der Waals surface area contributed by atoms with Gasteiger partial charge >= 0.3 is 0 Å². The molecule has 110 valence electrons. The van der Waals surface area contributed by atoms with Gasteiger partial charge in [0.1, 0.15) is 0 Å². The summed E-state index contributed by atoms with van der Waals surface area (Å²) in [4.78, 5) is 0.478. The van der Waals surface area contributed by atoms with Gasteiger partial charge in [-0.25, -0.2) is 8.42 Å². The number of piperidine rings is 1. The fraction of sp³-hybridized carbons (Fsp3) is 0.600. The van der Waals surface area contributed by atoms with Crippen molar-refractivity contribution in [3.05, 3.63) is 29.8 Å². The summed E-state index contributed by atoms with van der Waals surface area (Å²) in [6.45, 7) is 4.09. The molecule has 0 saturated carbocycles. The molecule has 1 saturated heterocycles. The molecular weight excluding hydrogens is 274 g/mol. The van der Waals surface area contributed by atoms with Crippen molar-refractivity contribution in [2.45, 2.75) is 41.9 Å². The highest BCUT2D eigenvalue weighted by molar-refractivity contribution is 7.93. The van der Waals surface area contributed by atoms with Crippen molar-refractivity contribution >= 4 is 9.84 Å². The second-order valence-corrected chi connectivity index (χ2v) is 7.94. The molecule has 1 atom stereocenters. The zero-order valence-electron chi connectivity index (χ0n) is 11.8. The van der Waals surface area contributed by atoms with E-state index in [9.17, 15) is 8.42 Å². The lowest BCUT2D eigenvalue weighted by molar-refractivity contribution is 0.0387. The quantitative estimate of drug-likeness (QED) is 0.907. The van der Waals surface area contributed by atoms with Crippen LogP contribution >= 0.6 is 0 Å². The van der Waals surface area contributed by atoms with E-state index in [4.69, 9.17) is 4.74 Å². The van der Waals surface area contributed by atoms with Crippen molar-refractivity contribution in [2.24, 2.45) is 0 Å². The van der Waals surface area contributed by atoms with Gasteiger partial charge in [0.25, 0.3) is 0 Å². The van der Waals surface area contributed by atoms with E-state index in [-0.39, 0.29) is 6.10 Å². The molecule has 1 spiro atoms. The molecular formula is C15H21NO3S. The average Bonchev–Trinajstić information content (AvgIpc) is 2.46. The molecule has 0 aliphatic carbocycles. The number of rotatable bonds is 2. The molecule has 2 aliphatic heterocycles. The van der Waals surface area contributed by atoms with Gasteiger partial charge in [0.2, 0.25) is 0 Å². The Kier molecular flexibility index (Phi) is 3.60. The van der Waals surface area contributed by atoms with E-state index in [2.05, 4.69) is 5.32 Å². The molecule has 0 bridgehead atoms. The van der Waals surface area contributed by atoms with Crippen LogP contribution in [0.15, 0.2) is 29.2 Å². The van der Waals surface area contributed by atoms with Crippen LogP contribution in [0.25, 0.3) is 0 Å². The van der Waals surface area contributed by atoms with Crippen molar-refractivity contribution in [1.29, 1.82) is 0 Å². The van der Waals surface area contributed by atoms with Crippen LogP contribution < -0.4 is 5.32 Å². The number of fused-ring (bicyclic) bond motifs is 1. The third-order valence-electron chi connectivity index (χ3n) is 4.57. The summed E-state index contributed by atoms with van der Waals surface area (Å²) in [5, 5.41) is 3.26. The number of hydrogen-bond donors (Lipinski definition) is 1. The van der Waals surface area contributed by atoms with Gasteiger partial charge in [0.05, 0.1) is 15.7 Å². The van der Waals surface area contributed by atoms with Gasteiger partial charge in [-0.1, -0.05) is 18.2 Å². The van der Waals surface area contributed by atoms with Gasteiger partial charge in [-0.05, 0) is 50.9 Å². The smallest absolute Gasteiger partial charge is 0.184 e. The molecule has 0 aromatic heterocycles. The summed E-state index contributed by atoms with van der Waals surface area (Å²) in [5.74, 6) is 0. The first-order valence-electron chi connectivity index (χ1n) is 7.27. The van der Waals surface area contributed by atoms with Crippen LogP contribution in [0.4, 0.5) is 0 Å². The summed E-state index contributed by atoms with van der Waals surface area (Å²) in [6, 6.07) is 7.32. The summed E-state index contributed by atoms with van der Waals surface area (Å²) < 4.78 is 31.3. The first-order chi connectivity index (χ1) is 9.61. The summed E-state index contributed by atoms with van der Waals surface area (Å²) in [6.07, 6.45) is 1.83. The molecule has 1 aromatic rings. The Bertz CT molecular complexity index is 591. The number of nitrogens with one attached hydrogen (secondary N) is 1. The fourth-order valence-electron chi connectivity index (χ4n) is 3.49. The third kappa shape index (κ3) is 2.00. The zero-order chi connectivity index (χ0) is 14.2. The van der Waals surface area contributed by atoms with Gasteiger partial charge in [0.15, 0.2) is 9.84 Å². The largest absolute Gasteiger partial charge is 0.374 e. The van der Waals surface area contributed by atoms with E-state index >= 15 is 0 Å². The molecule has 4 nitrogen and oxygen atoms in total. The molecule has 1 unspecified atom stereocenters. The Hall–Kier alpha value is -0.910. The predicted molar refractivity (Wildman–Crippen MR) is 77.4 cm³/mol. The van der Waals surface area contributed by atoms with E-state index in [1.54, 1.807) is 12.1 Å². The topological polar surface area (TPSA) is 55.4 Å². The second kappa shape index (κ2) is 5.13. The minimum atomic E-state index is -3.28. The lowest BCUT2D eigenvalue weighted by Crippen LogP contribution is -2.51. The Morgan fingerprint density at radius 1 is 1.30 bits per heavy atom. The Labute approximate surface area is 120 Å². The van der Waals surface area contributed by atoms with Gasteiger partial charge in [-0.2, -0.15) is 0 Å². The number of sulfone groups is 1. The molecule has 1 fully saturated rings. The van der Waals surface area contributed by atoms with Gasteiger partial charge in [-0.3, -0.25) is 0 Å². The molecule has 1 N–H and O–H groups in total. The second-order valence-electron chi connectivity index (χ2n) is 5.62. The van der Waals surface area contributed by atoms with E-state index in [1.165, 1.54) is 0 Å². The summed E-state index contributed by atoms with van der Waals surface area (Å²) in [7, 11) is -3.28. The molecule has 2 heterocycles. The molecule has 3 rings (SSSR count). The van der Waals surface area contributed by atoms with Crippen molar-refractivity contribution in [3.63, 3.8) is 0 Å². The first-order valence-corrected chi connectivity index (χ1v) is 8.75. The summed E-state index contributed by atoms with van der Waals surface area (Å²) >= 11 is 0. The SMILES string of the molecule is CCOC1CC2(CCNCC2)S(=O)(=O)c2ccccc21. The fourth-order valence-corrected chi connectivity index (χ4v) is 5.83. The highest BCUT2D eigenvalue weighted by atomic mass is 32.2. The van der Waals surface area contributed by atoms with Crippen molar-refractivity contribution < 1.29 is 13.2 Å². The molecule has 20 heavy (non-hydrogen) atoms. The van der Waals surface area contributed by atoms with Crippen molar-refractivity contribution in [1.82, 2.24) is 5.32 Å². The maximum absolute atomic E-state index is 13.0. The van der Waals surface area contributed by atoms with Crippen molar-refractivity contribution in [2.75, 3.05) is 19.7 Å². The number of benzene rings is 1. The van der Waals surface area contributed by atoms with Crippen LogP contribution in [0, 0.1) is 0 Å². The lowest BCUT2D eigenvalue weighted by atomic mass is 9.88. The molecule has 2 aliphatic rings. The lowest BCUT2D eigenvalue weighted by Gasteiger charge is -2.43. The van der Waals surface area contributed by atoms with Gasteiger partial charge < -0.3 is 10.1 Å². The molecule has 0 radical (unpaired) electrons. The minimum Gasteiger partial charge on any atom is -0.374 e. The highest BCUT2D eigenvalue weighted by Crippen LogP contribution is 2.48. The molecule has 0 amide bonds. The van der Waals surface area contributed by atoms with Crippen LogP contribution in [0.5, 0.6) is 0 Å². The predicted octanol–water partition coefficient (Wildman–Crippen LogP) is 2.06. The Morgan fingerprint density at radius 3 is 2.70 bits per heavy atom. The number of hydrogen-bond acceptors (Lipinski definition) is 4. The highest BCUT2D eigenvalue weighted by Gasteiger charge is 2.51. The maximum Gasteiger partial charge on any atom is 0.184 e. The van der Waals surface area contributed by atoms with E-state index in [0.29, 0.717) is 30.8 Å². The van der Waals surface area contributed by atoms with Crippen LogP contribution in [0.3, 0.4) is 0 Å². The number of ether oxygens (including phenoxy) is 1. The minimum absolute atomic E-state index is 0.0992. The Morgan fingerprint density at radius 2 is 2.00 bits per heavy atom. The van der Waals surface area contributed by atoms with E-state index < -0.39 is 14.6 Å². The van der Waals surface area contributed by atoms with E-state index in [0.717, 1.165) is 18.7 Å². The standard InChI is InChI=1S/C15H21NO3S/c1-2-19-13-11-15(7-9-16-10-8-15)20(17,18)14-6-4-3-5-12(13)14/h3-6,13,16H,2,7-11H2,1H3. The first kappa shape index (κ1) is 14.0. The molecule has 5 heteroatoms. The normalized spacial score (nSPS) is 27.1. The summed E-state index contributed by atoms with van der Waals surface area (Å²) in [5.41, 5.74) is 0.832. The van der Waals surface area contributed by atoms with Crippen LogP contribution in [0.2, 0.25) is 0 Å².